The van der Waals surface area contributed by atoms with E-state index >= 15 is 0 Å². The summed E-state index contributed by atoms with van der Waals surface area (Å²) >= 11 is 2.91. The van der Waals surface area contributed by atoms with Crippen LogP contribution in [-0.4, -0.2) is 39.5 Å². The van der Waals surface area contributed by atoms with Gasteiger partial charge in [-0.25, -0.2) is 4.98 Å². The van der Waals surface area contributed by atoms with Crippen molar-refractivity contribution in [3.05, 3.63) is 47.3 Å². The lowest BCUT2D eigenvalue weighted by molar-refractivity contribution is -0.118. The van der Waals surface area contributed by atoms with E-state index in [1.807, 2.05) is 35.7 Å². The molecule has 3 aromatic rings. The topological polar surface area (TPSA) is 79.9 Å². The molecule has 1 unspecified atom stereocenters. The maximum atomic E-state index is 12.0. The Balaban J connectivity index is 1.22. The highest BCUT2D eigenvalue weighted by Gasteiger charge is 2.22. The van der Waals surface area contributed by atoms with Crippen LogP contribution in [0.3, 0.4) is 0 Å². The number of hydrogen-bond donors (Lipinski definition) is 2. The second-order valence-electron chi connectivity index (χ2n) is 5.59. The number of hydrogen-bond acceptors (Lipinski definition) is 6. The van der Waals surface area contributed by atoms with Gasteiger partial charge < -0.3 is 10.1 Å². The molecule has 0 saturated heterocycles. The van der Waals surface area contributed by atoms with Gasteiger partial charge in [0.15, 0.2) is 5.82 Å². The van der Waals surface area contributed by atoms with Crippen molar-refractivity contribution in [2.75, 3.05) is 12.3 Å². The summed E-state index contributed by atoms with van der Waals surface area (Å²) in [5.74, 6) is 1.88. The van der Waals surface area contributed by atoms with E-state index < -0.39 is 0 Å². The van der Waals surface area contributed by atoms with Crippen LogP contribution in [0.5, 0.6) is 5.75 Å². The molecule has 25 heavy (non-hydrogen) atoms. The van der Waals surface area contributed by atoms with E-state index in [1.54, 1.807) is 11.3 Å². The Kier molecular flexibility index (Phi) is 4.71. The predicted octanol–water partition coefficient (Wildman–Crippen LogP) is 2.75. The number of amides is 1. The van der Waals surface area contributed by atoms with Crippen molar-refractivity contribution in [1.29, 1.82) is 0 Å². The Morgan fingerprint density at radius 2 is 2.28 bits per heavy atom. The second-order valence-corrected chi connectivity index (χ2v) is 7.48. The zero-order chi connectivity index (χ0) is 17.1. The number of rotatable bonds is 6. The van der Waals surface area contributed by atoms with Crippen LogP contribution in [0.4, 0.5) is 0 Å². The van der Waals surface area contributed by atoms with Crippen molar-refractivity contribution in [2.24, 2.45) is 0 Å². The number of benzene rings is 1. The summed E-state index contributed by atoms with van der Waals surface area (Å²) in [4.78, 5) is 17.5. The number of thioether (sulfide) groups is 1. The number of aromatic nitrogens is 3. The highest BCUT2D eigenvalue weighted by molar-refractivity contribution is 7.99. The Morgan fingerprint density at radius 3 is 3.12 bits per heavy atom. The third-order valence-corrected chi connectivity index (χ3v) is 5.52. The minimum atomic E-state index is -0.0490. The molecule has 0 bridgehead atoms. The third-order valence-electron chi connectivity index (χ3n) is 3.79. The van der Waals surface area contributed by atoms with Crippen LogP contribution in [0, 0.1) is 0 Å². The highest BCUT2D eigenvalue weighted by atomic mass is 32.2. The lowest BCUT2D eigenvalue weighted by atomic mass is 10.1. The van der Waals surface area contributed by atoms with Gasteiger partial charge in [-0.3, -0.25) is 9.89 Å². The first kappa shape index (κ1) is 16.2. The number of ether oxygens (including phenoxy) is 1. The van der Waals surface area contributed by atoms with Crippen LogP contribution < -0.4 is 10.1 Å². The van der Waals surface area contributed by atoms with Gasteiger partial charge in [0.2, 0.25) is 11.1 Å². The molecule has 0 radical (unpaired) electrons. The average Bonchev–Trinajstić information content (AvgIpc) is 3.37. The zero-order valence-electron chi connectivity index (χ0n) is 13.3. The molecule has 1 aromatic carbocycles. The number of H-pyrrole nitrogens is 1. The summed E-state index contributed by atoms with van der Waals surface area (Å²) in [7, 11) is 0. The van der Waals surface area contributed by atoms with Crippen molar-refractivity contribution >= 4 is 29.0 Å². The third kappa shape index (κ3) is 3.85. The largest absolute Gasteiger partial charge is 0.488 e. The van der Waals surface area contributed by atoms with Crippen LogP contribution in [-0.2, 0) is 11.2 Å². The lowest BCUT2D eigenvalue weighted by Gasteiger charge is -2.11. The molecule has 1 atom stereocenters. The van der Waals surface area contributed by atoms with Gasteiger partial charge in [0.05, 0.1) is 17.2 Å². The number of para-hydroxylation sites is 1. The summed E-state index contributed by atoms with van der Waals surface area (Å²) in [6.45, 7) is 0.502. The molecule has 0 fully saturated rings. The molecular formula is C17H16N4O2S2. The monoisotopic (exact) mass is 372 g/mol. The van der Waals surface area contributed by atoms with E-state index in [1.165, 1.54) is 17.3 Å². The Labute approximate surface area is 153 Å². The average molecular weight is 372 g/mol. The number of carbonyl (C=O) groups is 1. The number of nitrogens with zero attached hydrogens (tertiary/aromatic N) is 2. The lowest BCUT2D eigenvalue weighted by Crippen LogP contribution is -2.35. The van der Waals surface area contributed by atoms with Gasteiger partial charge >= 0.3 is 0 Å². The van der Waals surface area contributed by atoms with E-state index in [9.17, 15) is 4.79 Å². The van der Waals surface area contributed by atoms with Crippen LogP contribution in [0.25, 0.3) is 10.7 Å². The van der Waals surface area contributed by atoms with Crippen LogP contribution >= 0.6 is 23.1 Å². The van der Waals surface area contributed by atoms with Gasteiger partial charge in [-0.2, -0.15) is 0 Å². The van der Waals surface area contributed by atoms with Gasteiger partial charge in [0, 0.05) is 6.42 Å². The molecule has 6 nitrogen and oxygen atoms in total. The van der Waals surface area contributed by atoms with E-state index in [-0.39, 0.29) is 17.8 Å². The second kappa shape index (κ2) is 7.28. The summed E-state index contributed by atoms with van der Waals surface area (Å²) in [5.41, 5.74) is 1.19. The summed E-state index contributed by atoms with van der Waals surface area (Å²) in [5, 5.41) is 12.5. The molecule has 128 valence electrons. The Hall–Kier alpha value is -2.32. The van der Waals surface area contributed by atoms with Gasteiger partial charge in [-0.05, 0) is 23.1 Å². The summed E-state index contributed by atoms with van der Waals surface area (Å²) in [6, 6.07) is 11.9. The predicted molar refractivity (Wildman–Crippen MR) is 98.0 cm³/mol. The number of fused-ring (bicyclic) bond motifs is 1. The molecule has 0 spiro atoms. The fraction of sp³-hybridized carbons (Fsp3) is 0.235. The highest BCUT2D eigenvalue weighted by Crippen LogP contribution is 2.27. The van der Waals surface area contributed by atoms with Crippen LogP contribution in [0.15, 0.2) is 46.9 Å². The number of carbonyl (C=O) groups excluding carboxylic acids is 1. The van der Waals surface area contributed by atoms with E-state index in [2.05, 4.69) is 26.6 Å². The molecule has 2 aromatic heterocycles. The minimum Gasteiger partial charge on any atom is -0.488 e. The standard InChI is InChI=1S/C17H16N4O2S2/c22-15(18-9-12-8-11-4-1-2-5-13(11)23-12)10-25-17-19-16(20-21-17)14-6-3-7-24-14/h1-7,12H,8-10H2,(H,18,22)(H,19,20,21). The first-order valence-corrected chi connectivity index (χ1v) is 9.75. The van der Waals surface area contributed by atoms with Crippen LogP contribution in [0.1, 0.15) is 5.56 Å². The molecule has 3 heterocycles. The molecule has 4 rings (SSSR count). The van der Waals surface area contributed by atoms with E-state index in [4.69, 9.17) is 4.74 Å². The van der Waals surface area contributed by atoms with Gasteiger partial charge in [-0.1, -0.05) is 36.0 Å². The molecule has 1 aliphatic heterocycles. The summed E-state index contributed by atoms with van der Waals surface area (Å²) < 4.78 is 5.81. The molecular weight excluding hydrogens is 356 g/mol. The van der Waals surface area contributed by atoms with Gasteiger partial charge in [-0.15, -0.1) is 16.4 Å². The Bertz CT molecular complexity index is 838. The molecule has 8 heteroatoms. The maximum Gasteiger partial charge on any atom is 0.230 e. The first-order chi connectivity index (χ1) is 12.3. The summed E-state index contributed by atoms with van der Waals surface area (Å²) in [6.07, 6.45) is 0.828. The van der Waals surface area contributed by atoms with Crippen molar-refractivity contribution in [2.45, 2.75) is 17.7 Å². The fourth-order valence-corrected chi connectivity index (χ4v) is 3.90. The molecule has 0 saturated carbocycles. The first-order valence-electron chi connectivity index (χ1n) is 7.88. The quantitative estimate of drug-likeness (QED) is 0.651. The van der Waals surface area contributed by atoms with E-state index in [0.29, 0.717) is 11.7 Å². The van der Waals surface area contributed by atoms with E-state index in [0.717, 1.165) is 22.9 Å². The molecule has 1 aliphatic rings. The van der Waals surface area contributed by atoms with Crippen molar-refractivity contribution < 1.29 is 9.53 Å². The van der Waals surface area contributed by atoms with Crippen molar-refractivity contribution in [1.82, 2.24) is 20.5 Å². The number of thiophene rings is 1. The van der Waals surface area contributed by atoms with Crippen LogP contribution in [0.2, 0.25) is 0 Å². The van der Waals surface area contributed by atoms with Crippen molar-refractivity contribution in [3.8, 4) is 16.5 Å². The molecule has 0 aliphatic carbocycles. The van der Waals surface area contributed by atoms with Crippen molar-refractivity contribution in [3.63, 3.8) is 0 Å². The van der Waals surface area contributed by atoms with Gasteiger partial charge in [0.25, 0.3) is 0 Å². The normalized spacial score (nSPS) is 15.6. The molecule has 1 amide bonds. The Morgan fingerprint density at radius 1 is 1.36 bits per heavy atom. The SMILES string of the molecule is O=C(CSc1n[nH]c(-c2cccs2)n1)NCC1Cc2ccccc2O1. The zero-order valence-corrected chi connectivity index (χ0v) is 14.9. The smallest absolute Gasteiger partial charge is 0.230 e. The maximum absolute atomic E-state index is 12.0. The number of aromatic amines is 1. The fourth-order valence-electron chi connectivity index (χ4n) is 2.61. The molecule has 2 N–H and O–H groups in total. The number of nitrogens with one attached hydrogen (secondary N) is 2. The van der Waals surface area contributed by atoms with Gasteiger partial charge in [0.1, 0.15) is 11.9 Å². The minimum absolute atomic E-state index is 0.000268.